The zero-order chi connectivity index (χ0) is 26.7. The predicted molar refractivity (Wildman–Crippen MR) is 135 cm³/mol. The number of Topliss-reactive ketones (excluding diaryl/α,β-unsaturated/α-hetero) is 1. The topological polar surface area (TPSA) is 127 Å². The second kappa shape index (κ2) is 10.4. The number of aliphatic hydroxyl groups excluding tert-OH is 1. The molecule has 3 aromatic rings. The van der Waals surface area contributed by atoms with Gasteiger partial charge < -0.3 is 14.7 Å². The molecule has 1 aliphatic rings. The van der Waals surface area contributed by atoms with E-state index in [1.54, 1.807) is 43.3 Å². The summed E-state index contributed by atoms with van der Waals surface area (Å²) in [6, 6.07) is 18.0. The van der Waals surface area contributed by atoms with Crippen LogP contribution in [0.2, 0.25) is 0 Å². The molecule has 0 aliphatic carbocycles. The summed E-state index contributed by atoms with van der Waals surface area (Å²) in [7, 11) is 0. The van der Waals surface area contributed by atoms with E-state index < -0.39 is 34.4 Å². The number of rotatable bonds is 7. The van der Waals surface area contributed by atoms with Gasteiger partial charge >= 0.3 is 5.97 Å². The minimum atomic E-state index is -0.889. The molecule has 9 heteroatoms. The molecule has 37 heavy (non-hydrogen) atoms. The van der Waals surface area contributed by atoms with Gasteiger partial charge in [0.25, 0.3) is 17.4 Å². The number of nitro groups is 1. The van der Waals surface area contributed by atoms with Crippen LogP contribution < -0.4 is 0 Å². The molecule has 0 bridgehead atoms. The Balaban J connectivity index is 1.76. The van der Waals surface area contributed by atoms with Gasteiger partial charge in [-0.15, -0.1) is 0 Å². The van der Waals surface area contributed by atoms with Crippen LogP contribution in [0.4, 0.5) is 5.69 Å². The molecule has 1 N–H and O–H groups in total. The molecule has 3 aromatic carbocycles. The Morgan fingerprint density at radius 3 is 2.27 bits per heavy atom. The van der Waals surface area contributed by atoms with Gasteiger partial charge in [-0.1, -0.05) is 42.0 Å². The first-order chi connectivity index (χ1) is 17.7. The third-order valence-corrected chi connectivity index (χ3v) is 6.07. The lowest BCUT2D eigenvalue weighted by molar-refractivity contribution is -0.384. The van der Waals surface area contributed by atoms with Crippen LogP contribution >= 0.6 is 0 Å². The molecule has 1 amide bonds. The van der Waals surface area contributed by atoms with Crippen molar-refractivity contribution < 1.29 is 29.2 Å². The number of carbonyl (C=O) groups is 3. The van der Waals surface area contributed by atoms with Crippen molar-refractivity contribution in [2.75, 3.05) is 6.61 Å². The van der Waals surface area contributed by atoms with Crippen LogP contribution in [0.15, 0.2) is 78.4 Å². The molecule has 9 nitrogen and oxygen atoms in total. The second-order valence-electron chi connectivity index (χ2n) is 8.56. The van der Waals surface area contributed by atoms with Crippen molar-refractivity contribution in [1.82, 2.24) is 4.90 Å². The van der Waals surface area contributed by atoms with Crippen molar-refractivity contribution in [3.8, 4) is 0 Å². The van der Waals surface area contributed by atoms with Crippen LogP contribution in [0.3, 0.4) is 0 Å². The fraction of sp³-hybridized carbons (Fsp3) is 0.179. The summed E-state index contributed by atoms with van der Waals surface area (Å²) >= 11 is 0. The van der Waals surface area contributed by atoms with Gasteiger partial charge in [0.15, 0.2) is 0 Å². The number of aryl methyl sites for hydroxylation is 1. The van der Waals surface area contributed by atoms with Crippen molar-refractivity contribution in [3.05, 3.63) is 116 Å². The highest BCUT2D eigenvalue weighted by atomic mass is 16.6. The van der Waals surface area contributed by atoms with E-state index in [0.717, 1.165) is 5.56 Å². The van der Waals surface area contributed by atoms with E-state index in [9.17, 15) is 29.6 Å². The molecule has 188 valence electrons. The van der Waals surface area contributed by atoms with Gasteiger partial charge in [0, 0.05) is 24.2 Å². The highest BCUT2D eigenvalue weighted by Gasteiger charge is 2.46. The minimum Gasteiger partial charge on any atom is -0.507 e. The van der Waals surface area contributed by atoms with E-state index in [1.807, 2.05) is 19.1 Å². The molecule has 1 atom stereocenters. The quantitative estimate of drug-likeness (QED) is 0.124. The van der Waals surface area contributed by atoms with E-state index in [2.05, 4.69) is 0 Å². The molecule has 1 unspecified atom stereocenters. The van der Waals surface area contributed by atoms with Crippen LogP contribution in [-0.2, 0) is 20.9 Å². The largest absolute Gasteiger partial charge is 0.507 e. The molecule has 0 aromatic heterocycles. The first-order valence-corrected chi connectivity index (χ1v) is 11.6. The molecule has 4 rings (SSSR count). The molecule has 0 saturated carbocycles. The Hall–Kier alpha value is -4.79. The van der Waals surface area contributed by atoms with Gasteiger partial charge in [0.05, 0.1) is 28.7 Å². The number of hydrogen-bond acceptors (Lipinski definition) is 7. The average molecular weight is 501 g/mol. The van der Waals surface area contributed by atoms with Gasteiger partial charge in [0.2, 0.25) is 0 Å². The summed E-state index contributed by atoms with van der Waals surface area (Å²) in [5.74, 6) is -2.52. The van der Waals surface area contributed by atoms with Crippen LogP contribution in [-0.4, -0.2) is 39.2 Å². The third kappa shape index (κ3) is 5.11. The minimum absolute atomic E-state index is 0.0450. The van der Waals surface area contributed by atoms with E-state index >= 15 is 0 Å². The van der Waals surface area contributed by atoms with Gasteiger partial charge in [-0.3, -0.25) is 19.7 Å². The number of hydrogen-bond donors (Lipinski definition) is 1. The monoisotopic (exact) mass is 500 g/mol. The van der Waals surface area contributed by atoms with Crippen molar-refractivity contribution >= 4 is 29.1 Å². The number of likely N-dealkylation sites (tertiary alicyclic amines) is 1. The molecule has 1 aliphatic heterocycles. The fourth-order valence-electron chi connectivity index (χ4n) is 4.28. The second-order valence-corrected chi connectivity index (χ2v) is 8.56. The molecule has 0 radical (unpaired) electrons. The summed E-state index contributed by atoms with van der Waals surface area (Å²) < 4.78 is 5.00. The number of nitrogens with zero attached hydrogens (tertiary/aromatic N) is 2. The van der Waals surface area contributed by atoms with Crippen LogP contribution in [0, 0.1) is 17.0 Å². The van der Waals surface area contributed by atoms with Crippen molar-refractivity contribution in [3.63, 3.8) is 0 Å². The van der Waals surface area contributed by atoms with Crippen LogP contribution in [0.25, 0.3) is 5.76 Å². The molecule has 1 fully saturated rings. The number of amides is 1. The van der Waals surface area contributed by atoms with E-state index in [4.69, 9.17) is 4.74 Å². The maximum atomic E-state index is 13.2. The van der Waals surface area contributed by atoms with Crippen LogP contribution in [0.5, 0.6) is 0 Å². The number of aliphatic hydroxyl groups is 1. The number of benzene rings is 3. The standard InChI is InChI=1S/C28H24N2O7/c1-3-37-28(34)20-9-7-18(8-10-20)16-29-24(21-6-4-5-17(2)15-21)23(26(32)27(29)33)25(31)19-11-13-22(14-12-19)30(35)36/h4-15,24,31H,3,16H2,1-2H3/b25-23-. The van der Waals surface area contributed by atoms with Crippen molar-refractivity contribution in [2.24, 2.45) is 0 Å². The summed E-state index contributed by atoms with van der Waals surface area (Å²) in [6.45, 7) is 3.88. The number of esters is 1. The Morgan fingerprint density at radius 1 is 1.03 bits per heavy atom. The Kier molecular flexibility index (Phi) is 7.15. The highest BCUT2D eigenvalue weighted by Crippen LogP contribution is 2.40. The lowest BCUT2D eigenvalue weighted by Gasteiger charge is -2.26. The normalized spacial score (nSPS) is 16.6. The van der Waals surface area contributed by atoms with Crippen LogP contribution in [0.1, 0.15) is 45.6 Å². The predicted octanol–water partition coefficient (Wildman–Crippen LogP) is 4.70. The Morgan fingerprint density at radius 2 is 1.68 bits per heavy atom. The summed E-state index contributed by atoms with van der Waals surface area (Å²) in [6.07, 6.45) is 0. The average Bonchev–Trinajstić information content (AvgIpc) is 3.14. The zero-order valence-corrected chi connectivity index (χ0v) is 20.2. The summed E-state index contributed by atoms with van der Waals surface area (Å²) in [5.41, 5.74) is 2.47. The number of non-ortho nitro benzene ring substituents is 1. The molecule has 1 saturated heterocycles. The van der Waals surface area contributed by atoms with Gasteiger partial charge in [-0.2, -0.15) is 0 Å². The molecular formula is C28H24N2O7. The lowest BCUT2D eigenvalue weighted by atomic mass is 9.94. The zero-order valence-electron chi connectivity index (χ0n) is 20.2. The van der Waals surface area contributed by atoms with Gasteiger partial charge in [0.1, 0.15) is 5.76 Å². The number of ketones is 1. The third-order valence-electron chi connectivity index (χ3n) is 6.07. The van der Waals surface area contributed by atoms with E-state index in [0.29, 0.717) is 16.7 Å². The molecule has 0 spiro atoms. The summed E-state index contributed by atoms with van der Waals surface area (Å²) in [5, 5.41) is 22.1. The number of nitro benzene ring substituents is 1. The maximum absolute atomic E-state index is 13.2. The summed E-state index contributed by atoms with van der Waals surface area (Å²) in [4.78, 5) is 50.2. The molecular weight excluding hydrogens is 476 g/mol. The van der Waals surface area contributed by atoms with Crippen molar-refractivity contribution in [2.45, 2.75) is 26.4 Å². The van der Waals surface area contributed by atoms with E-state index in [1.165, 1.54) is 29.2 Å². The maximum Gasteiger partial charge on any atom is 0.338 e. The molecule has 1 heterocycles. The van der Waals surface area contributed by atoms with Gasteiger partial charge in [-0.05, 0) is 49.2 Å². The first-order valence-electron chi connectivity index (χ1n) is 11.6. The van der Waals surface area contributed by atoms with Crippen molar-refractivity contribution in [1.29, 1.82) is 0 Å². The Bertz CT molecular complexity index is 1410. The SMILES string of the molecule is CCOC(=O)c1ccc(CN2C(=O)C(=O)/C(=C(\O)c3ccc([N+](=O)[O-])cc3)C2c2cccc(C)c2)cc1. The first kappa shape index (κ1) is 25.3. The van der Waals surface area contributed by atoms with Gasteiger partial charge in [-0.25, -0.2) is 4.79 Å². The number of carbonyl (C=O) groups excluding carboxylic acids is 3. The fourth-order valence-corrected chi connectivity index (χ4v) is 4.28. The lowest BCUT2D eigenvalue weighted by Crippen LogP contribution is -2.29. The number of ether oxygens (including phenoxy) is 1. The smallest absolute Gasteiger partial charge is 0.338 e. The highest BCUT2D eigenvalue weighted by molar-refractivity contribution is 6.46. The van der Waals surface area contributed by atoms with E-state index in [-0.39, 0.29) is 30.0 Å². The Labute approximate surface area is 212 Å².